The average molecular weight is 325 g/mol. The molecule has 24 heavy (non-hydrogen) atoms. The van der Waals surface area contributed by atoms with Gasteiger partial charge in [0.2, 0.25) is 0 Å². The Kier molecular flexibility index (Phi) is 3.57. The van der Waals surface area contributed by atoms with E-state index in [2.05, 4.69) is 41.1 Å². The lowest BCUT2D eigenvalue weighted by molar-refractivity contribution is -0.00200. The van der Waals surface area contributed by atoms with Gasteiger partial charge in [-0.1, -0.05) is 0 Å². The van der Waals surface area contributed by atoms with Gasteiger partial charge in [0.15, 0.2) is 0 Å². The second kappa shape index (κ2) is 5.68. The van der Waals surface area contributed by atoms with Crippen LogP contribution in [-0.2, 0) is 0 Å². The van der Waals surface area contributed by atoms with Crippen molar-refractivity contribution in [3.8, 4) is 0 Å². The molecule has 2 heteroatoms. The quantitative estimate of drug-likeness (QED) is 0.765. The molecular weight excluding hydrogens is 292 g/mol. The minimum absolute atomic E-state index is 0.474. The molecular formula is C22H32N2. The Hall–Kier alpha value is -1.18. The third kappa shape index (κ3) is 2.45. The van der Waals surface area contributed by atoms with E-state index in [9.17, 15) is 0 Å². The summed E-state index contributed by atoms with van der Waals surface area (Å²) < 4.78 is 0. The molecule has 0 aromatic heterocycles. The van der Waals surface area contributed by atoms with E-state index in [1.165, 1.54) is 82.3 Å². The van der Waals surface area contributed by atoms with Crippen LogP contribution in [0.3, 0.4) is 0 Å². The first kappa shape index (κ1) is 15.1. The SMILES string of the molecule is CN(c1ccc(N2CCCCC2)cc1)C12CC3CC(CC(C3)C1)C2. The van der Waals surface area contributed by atoms with E-state index in [1.807, 2.05) is 0 Å². The van der Waals surface area contributed by atoms with Crippen LogP contribution in [-0.4, -0.2) is 25.7 Å². The van der Waals surface area contributed by atoms with Crippen molar-refractivity contribution in [2.75, 3.05) is 29.9 Å². The molecule has 2 nitrogen and oxygen atoms in total. The summed E-state index contributed by atoms with van der Waals surface area (Å²) in [6.45, 7) is 2.48. The molecule has 5 aliphatic rings. The third-order valence-electron chi connectivity index (χ3n) is 7.68. The van der Waals surface area contributed by atoms with E-state index < -0.39 is 0 Å². The minimum Gasteiger partial charge on any atom is -0.372 e. The number of piperidine rings is 1. The van der Waals surface area contributed by atoms with Gasteiger partial charge in [-0.15, -0.1) is 0 Å². The molecule has 4 bridgehead atoms. The molecule has 4 saturated carbocycles. The largest absolute Gasteiger partial charge is 0.372 e. The predicted octanol–water partition coefficient (Wildman–Crippen LogP) is 5.08. The van der Waals surface area contributed by atoms with Crippen LogP contribution >= 0.6 is 0 Å². The van der Waals surface area contributed by atoms with Crippen molar-refractivity contribution in [3.63, 3.8) is 0 Å². The minimum atomic E-state index is 0.474. The van der Waals surface area contributed by atoms with Crippen molar-refractivity contribution in [2.24, 2.45) is 17.8 Å². The molecule has 6 rings (SSSR count). The fraction of sp³-hybridized carbons (Fsp3) is 0.727. The van der Waals surface area contributed by atoms with Gasteiger partial charge in [-0.25, -0.2) is 0 Å². The van der Waals surface area contributed by atoms with Gasteiger partial charge in [0.05, 0.1) is 0 Å². The molecule has 0 atom stereocenters. The number of hydrogen-bond acceptors (Lipinski definition) is 2. The van der Waals surface area contributed by atoms with Gasteiger partial charge in [0.25, 0.3) is 0 Å². The Labute approximate surface area is 147 Å². The molecule has 4 aliphatic carbocycles. The van der Waals surface area contributed by atoms with Crippen LogP contribution in [0.15, 0.2) is 24.3 Å². The maximum Gasteiger partial charge on any atom is 0.0407 e. The van der Waals surface area contributed by atoms with Gasteiger partial charge in [0, 0.05) is 37.1 Å². The van der Waals surface area contributed by atoms with Crippen molar-refractivity contribution < 1.29 is 0 Å². The first-order valence-electron chi connectivity index (χ1n) is 10.3. The van der Waals surface area contributed by atoms with E-state index in [0.717, 1.165) is 17.8 Å². The summed E-state index contributed by atoms with van der Waals surface area (Å²) >= 11 is 0. The Morgan fingerprint density at radius 2 is 1.38 bits per heavy atom. The molecule has 1 aromatic rings. The predicted molar refractivity (Wildman–Crippen MR) is 102 cm³/mol. The highest BCUT2D eigenvalue weighted by atomic mass is 15.2. The Morgan fingerprint density at radius 3 is 1.92 bits per heavy atom. The van der Waals surface area contributed by atoms with Gasteiger partial charge in [-0.2, -0.15) is 0 Å². The summed E-state index contributed by atoms with van der Waals surface area (Å²) in [4.78, 5) is 5.25. The van der Waals surface area contributed by atoms with Crippen molar-refractivity contribution in [3.05, 3.63) is 24.3 Å². The zero-order valence-electron chi connectivity index (χ0n) is 15.2. The third-order valence-corrected chi connectivity index (χ3v) is 7.68. The molecule has 0 amide bonds. The standard InChI is InChI=1S/C22H32N2/c1-23(22-14-17-11-18(15-22)13-19(12-17)16-22)20-5-7-21(8-6-20)24-9-3-2-4-10-24/h5-8,17-19H,2-4,9-16H2,1H3. The van der Waals surface area contributed by atoms with E-state index in [4.69, 9.17) is 0 Å². The summed E-state index contributed by atoms with van der Waals surface area (Å²) in [5.41, 5.74) is 3.34. The molecule has 5 fully saturated rings. The van der Waals surface area contributed by atoms with Crippen LogP contribution in [0.1, 0.15) is 57.8 Å². The molecule has 1 aromatic carbocycles. The maximum absolute atomic E-state index is 2.68. The van der Waals surface area contributed by atoms with Crippen molar-refractivity contribution in [1.82, 2.24) is 0 Å². The number of benzene rings is 1. The van der Waals surface area contributed by atoms with Crippen LogP contribution in [0, 0.1) is 17.8 Å². The number of nitrogens with zero attached hydrogens (tertiary/aromatic N) is 2. The van der Waals surface area contributed by atoms with Crippen LogP contribution < -0.4 is 9.80 Å². The maximum atomic E-state index is 2.68. The molecule has 0 unspecified atom stereocenters. The number of hydrogen-bond donors (Lipinski definition) is 0. The molecule has 0 spiro atoms. The zero-order valence-corrected chi connectivity index (χ0v) is 15.2. The van der Waals surface area contributed by atoms with Gasteiger partial charge in [-0.05, 0) is 99.8 Å². The highest BCUT2D eigenvalue weighted by Gasteiger charge is 2.52. The second-order valence-electron chi connectivity index (χ2n) is 9.27. The zero-order chi connectivity index (χ0) is 16.1. The molecule has 1 saturated heterocycles. The first-order chi connectivity index (χ1) is 11.7. The summed E-state index contributed by atoms with van der Waals surface area (Å²) in [6, 6.07) is 9.53. The summed E-state index contributed by atoms with van der Waals surface area (Å²) in [6.07, 6.45) is 13.0. The second-order valence-corrected chi connectivity index (χ2v) is 9.27. The lowest BCUT2D eigenvalue weighted by Crippen LogP contribution is -2.59. The van der Waals surface area contributed by atoms with Crippen molar-refractivity contribution >= 4 is 11.4 Å². The first-order valence-corrected chi connectivity index (χ1v) is 10.3. The smallest absolute Gasteiger partial charge is 0.0407 e. The Morgan fingerprint density at radius 1 is 0.833 bits per heavy atom. The summed E-state index contributed by atoms with van der Waals surface area (Å²) in [5, 5.41) is 0. The monoisotopic (exact) mass is 324 g/mol. The van der Waals surface area contributed by atoms with Gasteiger partial charge < -0.3 is 9.80 Å². The van der Waals surface area contributed by atoms with E-state index in [1.54, 1.807) is 0 Å². The number of anilines is 2. The molecule has 0 radical (unpaired) electrons. The highest BCUT2D eigenvalue weighted by molar-refractivity contribution is 5.57. The van der Waals surface area contributed by atoms with Crippen LogP contribution in [0.4, 0.5) is 11.4 Å². The van der Waals surface area contributed by atoms with Crippen LogP contribution in [0.5, 0.6) is 0 Å². The normalized spacial score (nSPS) is 37.7. The summed E-state index contributed by atoms with van der Waals surface area (Å²) in [5.74, 6) is 3.06. The van der Waals surface area contributed by atoms with Crippen molar-refractivity contribution in [1.29, 1.82) is 0 Å². The topological polar surface area (TPSA) is 6.48 Å². The lowest BCUT2D eigenvalue weighted by atomic mass is 9.52. The van der Waals surface area contributed by atoms with E-state index in [-0.39, 0.29) is 0 Å². The Balaban J connectivity index is 1.36. The highest BCUT2D eigenvalue weighted by Crippen LogP contribution is 2.58. The molecule has 1 heterocycles. The summed E-state index contributed by atoms with van der Waals surface area (Å²) in [7, 11) is 2.38. The van der Waals surface area contributed by atoms with Gasteiger partial charge >= 0.3 is 0 Å². The fourth-order valence-electron chi connectivity index (χ4n) is 6.79. The molecule has 1 aliphatic heterocycles. The van der Waals surface area contributed by atoms with Gasteiger partial charge in [-0.3, -0.25) is 0 Å². The number of rotatable bonds is 3. The van der Waals surface area contributed by atoms with Gasteiger partial charge in [0.1, 0.15) is 0 Å². The Bertz CT molecular complexity index is 549. The molecule has 0 N–H and O–H groups in total. The van der Waals surface area contributed by atoms with E-state index in [0.29, 0.717) is 5.54 Å². The van der Waals surface area contributed by atoms with E-state index >= 15 is 0 Å². The average Bonchev–Trinajstić information content (AvgIpc) is 2.61. The van der Waals surface area contributed by atoms with Crippen molar-refractivity contribution in [2.45, 2.75) is 63.3 Å². The lowest BCUT2D eigenvalue weighted by Gasteiger charge is -2.60. The molecule has 130 valence electrons. The van der Waals surface area contributed by atoms with Crippen LogP contribution in [0.2, 0.25) is 0 Å². The fourth-order valence-corrected chi connectivity index (χ4v) is 6.79. The van der Waals surface area contributed by atoms with Crippen LogP contribution in [0.25, 0.3) is 0 Å².